The molecule has 1 aliphatic heterocycles. The van der Waals surface area contributed by atoms with Gasteiger partial charge in [-0.15, -0.1) is 0 Å². The molecule has 39 heavy (non-hydrogen) atoms. The van der Waals surface area contributed by atoms with Gasteiger partial charge in [0.25, 0.3) is 8.32 Å². The van der Waals surface area contributed by atoms with Crippen molar-refractivity contribution in [1.82, 2.24) is 4.57 Å². The second-order valence-corrected chi connectivity index (χ2v) is 17.2. The van der Waals surface area contributed by atoms with Crippen molar-refractivity contribution in [3.63, 3.8) is 0 Å². The largest absolute Gasteiger partial charge is 0.407 e. The topological polar surface area (TPSA) is 57.5 Å². The first kappa shape index (κ1) is 27.4. The van der Waals surface area contributed by atoms with Gasteiger partial charge in [-0.2, -0.15) is 8.42 Å². The van der Waals surface area contributed by atoms with Crippen molar-refractivity contribution in [2.75, 3.05) is 6.61 Å². The van der Waals surface area contributed by atoms with Crippen LogP contribution in [0.25, 0.3) is 0 Å². The van der Waals surface area contributed by atoms with Gasteiger partial charge < -0.3 is 13.2 Å². The van der Waals surface area contributed by atoms with Crippen LogP contribution in [0.4, 0.5) is 0 Å². The lowest BCUT2D eigenvalue weighted by molar-refractivity contribution is 0.299. The molecule has 5 rings (SSSR count). The molecule has 0 N–H and O–H groups in total. The summed E-state index contributed by atoms with van der Waals surface area (Å²) in [5.74, 6) is 0.438. The van der Waals surface area contributed by atoms with Crippen LogP contribution in [0.1, 0.15) is 44.1 Å². The number of benzene rings is 3. The average molecular weight is 560 g/mol. The molecule has 7 heteroatoms. The van der Waals surface area contributed by atoms with Crippen LogP contribution in [-0.2, 0) is 33.9 Å². The first-order valence-corrected chi connectivity index (χ1v) is 16.9. The van der Waals surface area contributed by atoms with Crippen LogP contribution < -0.4 is 14.6 Å². The van der Waals surface area contributed by atoms with E-state index in [9.17, 15) is 8.42 Å². The van der Waals surface area contributed by atoms with Crippen molar-refractivity contribution in [3.05, 3.63) is 108 Å². The zero-order chi connectivity index (χ0) is 27.7. The summed E-state index contributed by atoms with van der Waals surface area (Å²) in [4.78, 5) is 0.169. The van der Waals surface area contributed by atoms with Crippen LogP contribution in [0.5, 0.6) is 5.75 Å². The predicted molar refractivity (Wildman–Crippen MR) is 159 cm³/mol. The van der Waals surface area contributed by atoms with Gasteiger partial charge in [-0.3, -0.25) is 0 Å². The molecule has 3 aromatic carbocycles. The Labute approximate surface area is 233 Å². The molecular weight excluding hydrogens is 523 g/mol. The summed E-state index contributed by atoms with van der Waals surface area (Å²) >= 11 is 0. The molecule has 0 spiro atoms. The lowest BCUT2D eigenvalue weighted by atomic mass is 10.2. The molecule has 204 valence electrons. The maximum atomic E-state index is 13.0. The summed E-state index contributed by atoms with van der Waals surface area (Å²) in [5.41, 5.74) is 3.00. The molecule has 1 aliphatic rings. The summed E-state index contributed by atoms with van der Waals surface area (Å²) in [6.07, 6.45) is 2.44. The van der Waals surface area contributed by atoms with Gasteiger partial charge in [0.1, 0.15) is 4.90 Å². The van der Waals surface area contributed by atoms with Gasteiger partial charge in [0.05, 0.1) is 5.69 Å². The van der Waals surface area contributed by atoms with E-state index in [0.29, 0.717) is 18.8 Å². The van der Waals surface area contributed by atoms with Crippen LogP contribution in [0.15, 0.2) is 95.9 Å². The smallest absolute Gasteiger partial charge is 0.339 e. The fraction of sp³-hybridized carbons (Fsp3) is 0.312. The van der Waals surface area contributed by atoms with Gasteiger partial charge >= 0.3 is 10.1 Å². The minimum Gasteiger partial charge on any atom is -0.407 e. The van der Waals surface area contributed by atoms with E-state index in [1.807, 2.05) is 25.1 Å². The third-order valence-electron chi connectivity index (χ3n) is 7.65. The number of aryl methyl sites for hydroxylation is 1. The van der Waals surface area contributed by atoms with Crippen LogP contribution in [-0.4, -0.2) is 27.9 Å². The zero-order valence-electron chi connectivity index (χ0n) is 23.2. The number of rotatable bonds is 9. The van der Waals surface area contributed by atoms with Gasteiger partial charge in [-0.05, 0) is 47.3 Å². The minimum atomic E-state index is -3.91. The molecule has 0 saturated heterocycles. The second-order valence-electron chi connectivity index (χ2n) is 11.3. The number of hydrogen-bond acceptors (Lipinski definition) is 4. The summed E-state index contributed by atoms with van der Waals surface area (Å²) in [5, 5.41) is 2.39. The third-order valence-corrected chi connectivity index (χ3v) is 13.9. The second kappa shape index (κ2) is 10.8. The first-order valence-electron chi connectivity index (χ1n) is 13.6. The summed E-state index contributed by atoms with van der Waals surface area (Å²) in [6.45, 7) is 10.1. The SMILES string of the molecule is Cc1ccc(S(=O)(=O)Oc2cc(CCO[Si](c3ccccc3)(c3ccccc3)C(C)(C)C)n3c2CCC3)cc1. The van der Waals surface area contributed by atoms with Crippen molar-refractivity contribution >= 4 is 28.8 Å². The van der Waals surface area contributed by atoms with Crippen molar-refractivity contribution in [2.24, 2.45) is 0 Å². The van der Waals surface area contributed by atoms with Gasteiger partial charge in [0.2, 0.25) is 0 Å². The number of hydrogen-bond donors (Lipinski definition) is 0. The van der Waals surface area contributed by atoms with E-state index in [2.05, 4.69) is 73.9 Å². The van der Waals surface area contributed by atoms with Crippen molar-refractivity contribution in [2.45, 2.75) is 63.4 Å². The Bertz CT molecular complexity index is 1480. The molecule has 0 unspecified atom stereocenters. The highest BCUT2D eigenvalue weighted by molar-refractivity contribution is 7.87. The molecule has 4 aromatic rings. The Kier molecular flexibility index (Phi) is 7.59. The Morgan fingerprint density at radius 1 is 0.872 bits per heavy atom. The van der Waals surface area contributed by atoms with E-state index in [4.69, 9.17) is 8.61 Å². The normalized spacial score (nSPS) is 13.8. The fourth-order valence-electron chi connectivity index (χ4n) is 5.78. The molecule has 0 saturated carbocycles. The standard InChI is InChI=1S/C32H37NO4SSi/c1-25-17-19-27(20-18-25)38(34,35)37-31-24-26(33-22-11-16-30(31)33)21-23-36-39(32(2,3)4,28-12-7-5-8-13-28)29-14-9-6-10-15-29/h5-10,12-15,17-20,24H,11,16,21-23H2,1-4H3. The molecule has 1 aromatic heterocycles. The Balaban J connectivity index is 1.43. The van der Waals surface area contributed by atoms with E-state index in [1.165, 1.54) is 10.4 Å². The summed E-state index contributed by atoms with van der Waals surface area (Å²) in [6, 6.07) is 29.9. The highest BCUT2D eigenvalue weighted by Gasteiger charge is 2.50. The lowest BCUT2D eigenvalue weighted by Crippen LogP contribution is -2.66. The van der Waals surface area contributed by atoms with Crippen LogP contribution in [0, 0.1) is 6.92 Å². The quantitative estimate of drug-likeness (QED) is 0.197. The monoisotopic (exact) mass is 559 g/mol. The van der Waals surface area contributed by atoms with E-state index in [-0.39, 0.29) is 9.93 Å². The van der Waals surface area contributed by atoms with Gasteiger partial charge in [0.15, 0.2) is 5.75 Å². The number of nitrogens with zero attached hydrogens (tertiary/aromatic N) is 1. The molecule has 0 aliphatic carbocycles. The maximum Gasteiger partial charge on any atom is 0.339 e. The van der Waals surface area contributed by atoms with Crippen molar-refractivity contribution in [1.29, 1.82) is 0 Å². The highest BCUT2D eigenvalue weighted by Crippen LogP contribution is 2.37. The number of fused-ring (bicyclic) bond motifs is 1. The average Bonchev–Trinajstić information content (AvgIpc) is 3.51. The molecular formula is C32H37NO4SSi. The summed E-state index contributed by atoms with van der Waals surface area (Å²) < 4.78 is 41.1. The van der Waals surface area contributed by atoms with Crippen LogP contribution in [0.3, 0.4) is 0 Å². The molecule has 0 atom stereocenters. The van der Waals surface area contributed by atoms with E-state index >= 15 is 0 Å². The van der Waals surface area contributed by atoms with Gasteiger partial charge in [-0.25, -0.2) is 0 Å². The molecule has 5 nitrogen and oxygen atoms in total. The Hall–Kier alpha value is -3.13. The molecule has 0 bridgehead atoms. The molecule has 2 heterocycles. The third kappa shape index (κ3) is 5.35. The van der Waals surface area contributed by atoms with Crippen molar-refractivity contribution in [3.8, 4) is 5.75 Å². The molecule has 0 amide bonds. The summed E-state index contributed by atoms with van der Waals surface area (Å²) in [7, 11) is -6.56. The molecule has 0 fully saturated rings. The lowest BCUT2D eigenvalue weighted by Gasteiger charge is -2.43. The van der Waals surface area contributed by atoms with E-state index in [0.717, 1.165) is 36.3 Å². The van der Waals surface area contributed by atoms with Crippen molar-refractivity contribution < 1.29 is 17.0 Å². The van der Waals surface area contributed by atoms with Gasteiger partial charge in [-0.1, -0.05) is 99.1 Å². The van der Waals surface area contributed by atoms with Crippen LogP contribution in [0.2, 0.25) is 5.04 Å². The Morgan fingerprint density at radius 2 is 1.46 bits per heavy atom. The minimum absolute atomic E-state index is 0.104. The first-order chi connectivity index (χ1) is 18.6. The van der Waals surface area contributed by atoms with Crippen LogP contribution >= 0.6 is 0 Å². The zero-order valence-corrected chi connectivity index (χ0v) is 25.0. The van der Waals surface area contributed by atoms with E-state index in [1.54, 1.807) is 24.3 Å². The highest BCUT2D eigenvalue weighted by atomic mass is 32.2. The fourth-order valence-corrected chi connectivity index (χ4v) is 11.3. The van der Waals surface area contributed by atoms with E-state index < -0.39 is 18.4 Å². The predicted octanol–water partition coefficient (Wildman–Crippen LogP) is 5.63. The molecule has 0 radical (unpaired) electrons. The maximum absolute atomic E-state index is 13.0. The Morgan fingerprint density at radius 3 is 2.03 bits per heavy atom. The number of aromatic nitrogens is 1. The van der Waals surface area contributed by atoms with Gasteiger partial charge in [0, 0.05) is 31.3 Å².